The predicted octanol–water partition coefficient (Wildman–Crippen LogP) is 3.02. The maximum absolute atomic E-state index is 12.2. The molecule has 0 unspecified atom stereocenters. The predicted molar refractivity (Wildman–Crippen MR) is 112 cm³/mol. The Labute approximate surface area is 171 Å². The molecule has 154 valence electrons. The van der Waals surface area contributed by atoms with Crippen LogP contribution in [0.5, 0.6) is 0 Å². The minimum atomic E-state index is -0.476. The van der Waals surface area contributed by atoms with E-state index in [1.165, 1.54) is 11.8 Å². The first-order valence-corrected chi connectivity index (χ1v) is 10.8. The molecule has 2 amide bonds. The summed E-state index contributed by atoms with van der Waals surface area (Å²) < 4.78 is 5.08. The summed E-state index contributed by atoms with van der Waals surface area (Å²) in [6.07, 6.45) is 1.12. The highest BCUT2D eigenvalue weighted by atomic mass is 32.2. The van der Waals surface area contributed by atoms with Crippen molar-refractivity contribution >= 4 is 35.2 Å². The van der Waals surface area contributed by atoms with Crippen LogP contribution in [0.2, 0.25) is 0 Å². The summed E-state index contributed by atoms with van der Waals surface area (Å²) in [5.74, 6) is 0.333. The summed E-state index contributed by atoms with van der Waals surface area (Å²) in [6, 6.07) is 5.81. The molecule has 1 fully saturated rings. The number of nitrogens with zero attached hydrogens (tertiary/aromatic N) is 1. The zero-order chi connectivity index (χ0) is 20.7. The molecule has 0 aromatic heterocycles. The normalized spacial score (nSPS) is 19.2. The van der Waals surface area contributed by atoms with Gasteiger partial charge in [0.15, 0.2) is 6.61 Å². The van der Waals surface area contributed by atoms with Crippen LogP contribution in [0.4, 0.5) is 5.69 Å². The van der Waals surface area contributed by atoms with E-state index in [0.29, 0.717) is 24.9 Å². The average molecular weight is 407 g/mol. The Hall–Kier alpha value is -2.02. The van der Waals surface area contributed by atoms with Gasteiger partial charge in [0.25, 0.3) is 5.91 Å². The highest BCUT2D eigenvalue weighted by molar-refractivity contribution is 8.00. The van der Waals surface area contributed by atoms with Crippen molar-refractivity contribution in [2.24, 2.45) is 11.8 Å². The number of nitrogens with one attached hydrogen (secondary N) is 1. The number of hydrogen-bond donors (Lipinski definition) is 1. The van der Waals surface area contributed by atoms with Crippen molar-refractivity contribution < 1.29 is 19.1 Å². The van der Waals surface area contributed by atoms with Gasteiger partial charge in [-0.3, -0.25) is 14.4 Å². The highest BCUT2D eigenvalue weighted by Gasteiger charge is 2.25. The van der Waals surface area contributed by atoms with Crippen molar-refractivity contribution in [1.29, 1.82) is 0 Å². The molecule has 2 rings (SSSR count). The molecule has 1 saturated heterocycles. The van der Waals surface area contributed by atoms with E-state index >= 15 is 0 Å². The lowest BCUT2D eigenvalue weighted by Crippen LogP contribution is -2.44. The van der Waals surface area contributed by atoms with Gasteiger partial charge in [0.05, 0.1) is 11.5 Å². The Morgan fingerprint density at radius 1 is 1.14 bits per heavy atom. The Bertz CT molecular complexity index is 712. The summed E-state index contributed by atoms with van der Waals surface area (Å²) in [7, 11) is 0. The van der Waals surface area contributed by atoms with E-state index in [-0.39, 0.29) is 29.9 Å². The maximum Gasteiger partial charge on any atom is 0.316 e. The minimum absolute atomic E-state index is 0.0420. The van der Waals surface area contributed by atoms with Crippen LogP contribution in [0, 0.1) is 25.7 Å². The standard InChI is InChI=1S/C21H30N2O4S/c1-14-5-6-18(17(4)8-14)22-19(24)12-28-13-21(26)27-11-20(25)23-9-15(2)7-16(3)10-23/h5-6,8,15-16H,7,9-13H2,1-4H3,(H,22,24)/t15-,16-/m1/s1. The first-order valence-electron chi connectivity index (χ1n) is 9.62. The van der Waals surface area contributed by atoms with E-state index < -0.39 is 5.97 Å². The van der Waals surface area contributed by atoms with Crippen LogP contribution in [-0.4, -0.2) is 53.9 Å². The van der Waals surface area contributed by atoms with Gasteiger partial charge in [0.1, 0.15) is 0 Å². The third-order valence-corrected chi connectivity index (χ3v) is 5.59. The van der Waals surface area contributed by atoms with E-state index in [0.717, 1.165) is 23.2 Å². The lowest BCUT2D eigenvalue weighted by Gasteiger charge is -2.34. The third-order valence-electron chi connectivity index (χ3n) is 4.69. The third kappa shape index (κ3) is 7.19. The summed E-state index contributed by atoms with van der Waals surface area (Å²) in [5, 5.41) is 2.84. The molecule has 7 heteroatoms. The summed E-state index contributed by atoms with van der Waals surface area (Å²) in [4.78, 5) is 37.9. The van der Waals surface area contributed by atoms with Gasteiger partial charge in [0.2, 0.25) is 5.91 Å². The van der Waals surface area contributed by atoms with E-state index in [2.05, 4.69) is 19.2 Å². The molecule has 1 aromatic carbocycles. The second-order valence-electron chi connectivity index (χ2n) is 7.76. The highest BCUT2D eigenvalue weighted by Crippen LogP contribution is 2.21. The fraction of sp³-hybridized carbons (Fsp3) is 0.571. The number of piperidine rings is 1. The summed E-state index contributed by atoms with van der Waals surface area (Å²) in [6.45, 7) is 9.39. The van der Waals surface area contributed by atoms with Gasteiger partial charge in [0, 0.05) is 18.8 Å². The molecule has 0 radical (unpaired) electrons. The van der Waals surface area contributed by atoms with Crippen LogP contribution >= 0.6 is 11.8 Å². The molecule has 0 saturated carbocycles. The number of ether oxygens (including phenoxy) is 1. The summed E-state index contributed by atoms with van der Waals surface area (Å²) >= 11 is 1.17. The summed E-state index contributed by atoms with van der Waals surface area (Å²) in [5.41, 5.74) is 2.91. The number of thioether (sulfide) groups is 1. The number of hydrogen-bond acceptors (Lipinski definition) is 5. The first-order chi connectivity index (χ1) is 13.2. The fourth-order valence-corrected chi connectivity index (χ4v) is 4.12. The van der Waals surface area contributed by atoms with E-state index in [1.54, 1.807) is 4.90 Å². The molecule has 0 spiro atoms. The largest absolute Gasteiger partial charge is 0.455 e. The molecule has 28 heavy (non-hydrogen) atoms. The van der Waals surface area contributed by atoms with Crippen LogP contribution in [-0.2, 0) is 19.1 Å². The average Bonchev–Trinajstić information content (AvgIpc) is 2.61. The Morgan fingerprint density at radius 2 is 1.82 bits per heavy atom. The Morgan fingerprint density at radius 3 is 2.46 bits per heavy atom. The van der Waals surface area contributed by atoms with Crippen molar-refractivity contribution in [3.05, 3.63) is 29.3 Å². The number of carbonyl (C=O) groups excluding carboxylic acids is 3. The molecule has 1 aromatic rings. The minimum Gasteiger partial charge on any atom is -0.455 e. The van der Waals surface area contributed by atoms with Crippen LogP contribution in [0.15, 0.2) is 18.2 Å². The first kappa shape index (κ1) is 22.3. The molecule has 2 atom stereocenters. The SMILES string of the molecule is Cc1ccc(NC(=O)CSCC(=O)OCC(=O)N2C[C@H](C)C[C@@H](C)C2)c(C)c1. The van der Waals surface area contributed by atoms with Crippen molar-refractivity contribution in [3.63, 3.8) is 0 Å². The number of likely N-dealkylation sites (tertiary alicyclic amines) is 1. The number of esters is 1. The lowest BCUT2D eigenvalue weighted by atomic mass is 9.92. The number of anilines is 1. The van der Waals surface area contributed by atoms with Gasteiger partial charge >= 0.3 is 5.97 Å². The second kappa shape index (κ2) is 10.5. The van der Waals surface area contributed by atoms with Crippen LogP contribution in [0.1, 0.15) is 31.4 Å². The number of benzene rings is 1. The maximum atomic E-state index is 12.2. The van der Waals surface area contributed by atoms with E-state index in [1.807, 2.05) is 32.0 Å². The molecular weight excluding hydrogens is 376 g/mol. The van der Waals surface area contributed by atoms with Gasteiger partial charge in [-0.25, -0.2) is 0 Å². The zero-order valence-electron chi connectivity index (χ0n) is 17.1. The monoisotopic (exact) mass is 406 g/mol. The number of carbonyl (C=O) groups is 3. The van der Waals surface area contributed by atoms with Crippen molar-refractivity contribution in [2.45, 2.75) is 34.1 Å². The topological polar surface area (TPSA) is 75.7 Å². The number of aryl methyl sites for hydroxylation is 2. The molecule has 6 nitrogen and oxygen atoms in total. The Kier molecular flexibility index (Phi) is 8.35. The zero-order valence-corrected chi connectivity index (χ0v) is 17.9. The van der Waals surface area contributed by atoms with Gasteiger partial charge in [-0.2, -0.15) is 0 Å². The quantitative estimate of drug-likeness (QED) is 0.705. The lowest BCUT2D eigenvalue weighted by molar-refractivity contribution is -0.151. The van der Waals surface area contributed by atoms with Crippen LogP contribution < -0.4 is 5.32 Å². The smallest absolute Gasteiger partial charge is 0.316 e. The Balaban J connectivity index is 1.65. The molecule has 1 N–H and O–H groups in total. The van der Waals surface area contributed by atoms with Crippen LogP contribution in [0.25, 0.3) is 0 Å². The van der Waals surface area contributed by atoms with E-state index in [4.69, 9.17) is 4.74 Å². The molecule has 0 aliphatic carbocycles. The van der Waals surface area contributed by atoms with E-state index in [9.17, 15) is 14.4 Å². The molecule has 1 aliphatic heterocycles. The van der Waals surface area contributed by atoms with Gasteiger partial charge in [-0.1, -0.05) is 31.5 Å². The van der Waals surface area contributed by atoms with Crippen molar-refractivity contribution in [1.82, 2.24) is 4.90 Å². The van der Waals surface area contributed by atoms with Gasteiger partial charge in [-0.15, -0.1) is 11.8 Å². The van der Waals surface area contributed by atoms with Gasteiger partial charge in [-0.05, 0) is 43.7 Å². The fourth-order valence-electron chi connectivity index (χ4n) is 3.51. The van der Waals surface area contributed by atoms with Crippen molar-refractivity contribution in [3.8, 4) is 0 Å². The molecule has 0 bridgehead atoms. The molecule has 1 aliphatic rings. The molecule has 1 heterocycles. The molecular formula is C21H30N2O4S. The van der Waals surface area contributed by atoms with Gasteiger partial charge < -0.3 is 15.0 Å². The number of amides is 2. The second-order valence-corrected chi connectivity index (χ2v) is 8.75. The van der Waals surface area contributed by atoms with Crippen molar-refractivity contribution in [2.75, 3.05) is 36.5 Å². The van der Waals surface area contributed by atoms with Crippen LogP contribution in [0.3, 0.4) is 0 Å². The number of rotatable bonds is 7.